The lowest BCUT2D eigenvalue weighted by Gasteiger charge is -2.21. The molecule has 1 atom stereocenters. The summed E-state index contributed by atoms with van der Waals surface area (Å²) in [5.74, 6) is 0.726. The van der Waals surface area contributed by atoms with Crippen LogP contribution in [0.1, 0.15) is 30.9 Å². The summed E-state index contributed by atoms with van der Waals surface area (Å²) in [6.07, 6.45) is 4.01. The van der Waals surface area contributed by atoms with Crippen molar-refractivity contribution in [2.75, 3.05) is 12.3 Å². The molecule has 0 saturated heterocycles. The zero-order valence-electron chi connectivity index (χ0n) is 13.9. The second kappa shape index (κ2) is 10.9. The third-order valence-electron chi connectivity index (χ3n) is 3.78. The van der Waals surface area contributed by atoms with Gasteiger partial charge < -0.3 is 11.1 Å². The van der Waals surface area contributed by atoms with Gasteiger partial charge in [-0.2, -0.15) is 0 Å². The molecule has 0 bridgehead atoms. The molecule has 1 heterocycles. The van der Waals surface area contributed by atoms with Crippen LogP contribution in [0.4, 0.5) is 5.69 Å². The molecule has 0 saturated carbocycles. The number of amides is 1. The Balaban J connectivity index is 0.00000264. The summed E-state index contributed by atoms with van der Waals surface area (Å²) in [5, 5.41) is 3.03. The van der Waals surface area contributed by atoms with Crippen LogP contribution in [-0.4, -0.2) is 17.4 Å². The number of nitrogens with two attached hydrogens (primary N) is 1. The Labute approximate surface area is 156 Å². The predicted octanol–water partition coefficient (Wildman–Crippen LogP) is 3.61. The highest BCUT2D eigenvalue weighted by Gasteiger charge is 2.17. The Morgan fingerprint density at radius 3 is 2.38 bits per heavy atom. The lowest BCUT2D eigenvalue weighted by atomic mass is 9.89. The van der Waals surface area contributed by atoms with Gasteiger partial charge in [-0.15, -0.1) is 24.8 Å². The maximum Gasteiger partial charge on any atom is 0.224 e. The number of nitrogens with zero attached hydrogens (tertiary/aromatic N) is 1. The minimum absolute atomic E-state index is 0. The first-order valence-electron chi connectivity index (χ1n) is 7.57. The third kappa shape index (κ3) is 6.77. The highest BCUT2D eigenvalue weighted by atomic mass is 35.5. The number of pyridine rings is 1. The van der Waals surface area contributed by atoms with Crippen molar-refractivity contribution < 1.29 is 4.79 Å². The normalized spacial score (nSPS) is 11.1. The monoisotopic (exact) mass is 369 g/mol. The number of hydrogen-bond donors (Lipinski definition) is 2. The average Bonchev–Trinajstić information content (AvgIpc) is 2.50. The molecule has 0 spiro atoms. The standard InChI is InChI=1S/C18H23N3O.2ClH/c1-13(2)17(15-4-3-9-20-11-15)12-21-18(22)10-14-5-7-16(19)8-6-14;;/h3-9,11,13,17H,10,12,19H2,1-2H3,(H,21,22);2*1H. The number of hydrogen-bond acceptors (Lipinski definition) is 3. The lowest BCUT2D eigenvalue weighted by Crippen LogP contribution is -2.31. The van der Waals surface area contributed by atoms with E-state index in [4.69, 9.17) is 5.73 Å². The summed E-state index contributed by atoms with van der Waals surface area (Å²) in [6, 6.07) is 11.4. The number of carbonyl (C=O) groups excluding carboxylic acids is 1. The van der Waals surface area contributed by atoms with Crippen LogP contribution >= 0.6 is 24.8 Å². The molecule has 3 N–H and O–H groups in total. The predicted molar refractivity (Wildman–Crippen MR) is 104 cm³/mol. The largest absolute Gasteiger partial charge is 0.399 e. The Hall–Kier alpha value is -1.78. The number of nitrogen functional groups attached to an aromatic ring is 1. The van der Waals surface area contributed by atoms with Gasteiger partial charge in [-0.3, -0.25) is 9.78 Å². The summed E-state index contributed by atoms with van der Waals surface area (Å²) in [4.78, 5) is 16.3. The average molecular weight is 370 g/mol. The maximum atomic E-state index is 12.1. The van der Waals surface area contributed by atoms with Gasteiger partial charge in [-0.1, -0.05) is 32.0 Å². The first-order chi connectivity index (χ1) is 10.6. The molecule has 4 nitrogen and oxygen atoms in total. The third-order valence-corrected chi connectivity index (χ3v) is 3.78. The van der Waals surface area contributed by atoms with Crippen LogP contribution in [0.25, 0.3) is 0 Å². The van der Waals surface area contributed by atoms with Crippen molar-refractivity contribution >= 4 is 36.4 Å². The van der Waals surface area contributed by atoms with Crippen LogP contribution < -0.4 is 11.1 Å². The highest BCUT2D eigenvalue weighted by Crippen LogP contribution is 2.22. The van der Waals surface area contributed by atoms with Gasteiger partial charge in [0.15, 0.2) is 0 Å². The minimum Gasteiger partial charge on any atom is -0.399 e. The van der Waals surface area contributed by atoms with Crippen LogP contribution in [0.15, 0.2) is 48.8 Å². The number of carbonyl (C=O) groups is 1. The van der Waals surface area contributed by atoms with Gasteiger partial charge in [0, 0.05) is 30.5 Å². The van der Waals surface area contributed by atoms with Crippen molar-refractivity contribution in [3.63, 3.8) is 0 Å². The number of nitrogens with one attached hydrogen (secondary N) is 1. The summed E-state index contributed by atoms with van der Waals surface area (Å²) in [7, 11) is 0. The molecule has 6 heteroatoms. The smallest absolute Gasteiger partial charge is 0.224 e. The van der Waals surface area contributed by atoms with Gasteiger partial charge in [-0.25, -0.2) is 0 Å². The van der Waals surface area contributed by atoms with Gasteiger partial charge in [0.25, 0.3) is 0 Å². The quantitative estimate of drug-likeness (QED) is 0.764. The Morgan fingerprint density at radius 2 is 1.83 bits per heavy atom. The summed E-state index contributed by atoms with van der Waals surface area (Å²) in [6.45, 7) is 4.94. The van der Waals surface area contributed by atoms with E-state index in [1.165, 1.54) is 0 Å². The molecule has 1 aromatic heterocycles. The van der Waals surface area contributed by atoms with Crippen LogP contribution in [-0.2, 0) is 11.2 Å². The van der Waals surface area contributed by atoms with Crippen molar-refractivity contribution in [1.82, 2.24) is 10.3 Å². The molecule has 24 heavy (non-hydrogen) atoms. The number of halogens is 2. The molecule has 1 unspecified atom stereocenters. The molecule has 2 rings (SSSR count). The first-order valence-corrected chi connectivity index (χ1v) is 7.57. The van der Waals surface area contributed by atoms with Crippen LogP contribution in [0, 0.1) is 5.92 Å². The number of anilines is 1. The molecule has 0 fully saturated rings. The van der Waals surface area contributed by atoms with E-state index in [9.17, 15) is 4.79 Å². The van der Waals surface area contributed by atoms with Crippen LogP contribution in [0.2, 0.25) is 0 Å². The second-order valence-electron chi connectivity index (χ2n) is 5.86. The molecule has 2 aromatic rings. The molecule has 0 aliphatic rings. The Morgan fingerprint density at radius 1 is 1.17 bits per heavy atom. The van der Waals surface area contributed by atoms with Crippen molar-refractivity contribution in [3.05, 3.63) is 59.9 Å². The van der Waals surface area contributed by atoms with E-state index in [1.807, 2.05) is 36.5 Å². The molecular formula is C18H25Cl2N3O. The Kier molecular flexibility index (Phi) is 10.1. The van der Waals surface area contributed by atoms with Crippen molar-refractivity contribution in [1.29, 1.82) is 0 Å². The van der Waals surface area contributed by atoms with Crippen LogP contribution in [0.5, 0.6) is 0 Å². The van der Waals surface area contributed by atoms with E-state index in [1.54, 1.807) is 6.20 Å². The van der Waals surface area contributed by atoms with Crippen LogP contribution in [0.3, 0.4) is 0 Å². The lowest BCUT2D eigenvalue weighted by molar-refractivity contribution is -0.120. The number of rotatable bonds is 6. The fourth-order valence-corrected chi connectivity index (χ4v) is 2.44. The molecule has 1 amide bonds. The van der Waals surface area contributed by atoms with E-state index in [0.717, 1.165) is 11.1 Å². The van der Waals surface area contributed by atoms with E-state index >= 15 is 0 Å². The summed E-state index contributed by atoms with van der Waals surface area (Å²) >= 11 is 0. The van der Waals surface area contributed by atoms with E-state index in [0.29, 0.717) is 24.6 Å². The number of benzene rings is 1. The zero-order valence-corrected chi connectivity index (χ0v) is 15.6. The highest BCUT2D eigenvalue weighted by molar-refractivity contribution is 5.85. The van der Waals surface area contributed by atoms with Gasteiger partial charge in [0.1, 0.15) is 0 Å². The molecule has 1 aromatic carbocycles. The van der Waals surface area contributed by atoms with Crippen molar-refractivity contribution in [2.45, 2.75) is 26.2 Å². The second-order valence-corrected chi connectivity index (χ2v) is 5.86. The molecule has 132 valence electrons. The maximum absolute atomic E-state index is 12.1. The van der Waals surface area contributed by atoms with E-state index < -0.39 is 0 Å². The Bertz CT molecular complexity index is 603. The van der Waals surface area contributed by atoms with Gasteiger partial charge in [0.2, 0.25) is 5.91 Å². The SMILES string of the molecule is CC(C)C(CNC(=O)Cc1ccc(N)cc1)c1cccnc1.Cl.Cl. The van der Waals surface area contributed by atoms with Gasteiger partial charge in [-0.05, 0) is 35.2 Å². The molecule has 0 aliphatic heterocycles. The van der Waals surface area contributed by atoms with Gasteiger partial charge >= 0.3 is 0 Å². The fourth-order valence-electron chi connectivity index (χ4n) is 2.44. The molecule has 0 aliphatic carbocycles. The topological polar surface area (TPSA) is 68.0 Å². The van der Waals surface area contributed by atoms with Gasteiger partial charge in [0.05, 0.1) is 6.42 Å². The zero-order chi connectivity index (χ0) is 15.9. The van der Waals surface area contributed by atoms with Crippen molar-refractivity contribution in [2.24, 2.45) is 5.92 Å². The molecular weight excluding hydrogens is 345 g/mol. The number of aromatic nitrogens is 1. The van der Waals surface area contributed by atoms with Crippen molar-refractivity contribution in [3.8, 4) is 0 Å². The van der Waals surface area contributed by atoms with E-state index in [-0.39, 0.29) is 36.6 Å². The summed E-state index contributed by atoms with van der Waals surface area (Å²) < 4.78 is 0. The minimum atomic E-state index is 0. The summed E-state index contributed by atoms with van der Waals surface area (Å²) in [5.41, 5.74) is 8.48. The fraction of sp³-hybridized carbons (Fsp3) is 0.333. The first kappa shape index (κ1) is 22.2. The van der Waals surface area contributed by atoms with E-state index in [2.05, 4.69) is 30.2 Å². The molecule has 0 radical (unpaired) electrons.